The van der Waals surface area contributed by atoms with Crippen molar-refractivity contribution in [2.75, 3.05) is 47.5 Å². The van der Waals surface area contributed by atoms with Gasteiger partial charge in [0.1, 0.15) is 17.7 Å². The zero-order chi connectivity index (χ0) is 22.8. The topological polar surface area (TPSA) is 91.8 Å². The number of nitrogens with zero attached hydrogens (tertiary/aromatic N) is 3. The first kappa shape index (κ1) is 22.2. The summed E-state index contributed by atoms with van der Waals surface area (Å²) in [4.78, 5) is 31.3. The summed E-state index contributed by atoms with van der Waals surface area (Å²) >= 11 is 0. The van der Waals surface area contributed by atoms with Crippen molar-refractivity contribution in [2.45, 2.75) is 20.0 Å². The highest BCUT2D eigenvalue weighted by Crippen LogP contribution is 2.31. The molecule has 2 aliphatic heterocycles. The molecular weight excluding hydrogens is 435 g/mol. The average molecular weight is 461 g/mol. The van der Waals surface area contributed by atoms with Crippen molar-refractivity contribution in [1.82, 2.24) is 10.3 Å². The van der Waals surface area contributed by atoms with E-state index in [9.17, 15) is 18.2 Å². The van der Waals surface area contributed by atoms with Crippen LogP contribution in [0.15, 0.2) is 30.5 Å². The van der Waals surface area contributed by atoms with Crippen molar-refractivity contribution in [2.24, 2.45) is 0 Å². The van der Waals surface area contributed by atoms with Gasteiger partial charge in [-0.3, -0.25) is 13.9 Å². The van der Waals surface area contributed by atoms with Crippen LogP contribution in [0.2, 0.25) is 0 Å². The fourth-order valence-corrected chi connectivity index (χ4v) is 4.95. The van der Waals surface area contributed by atoms with Crippen LogP contribution in [0.5, 0.6) is 0 Å². The minimum Gasteiger partial charge on any atom is -0.442 e. The molecule has 32 heavy (non-hydrogen) atoms. The second-order valence-corrected chi connectivity index (χ2v) is 9.61. The van der Waals surface area contributed by atoms with Crippen LogP contribution in [0, 0.1) is 12.7 Å². The van der Waals surface area contributed by atoms with Gasteiger partial charge in [0.15, 0.2) is 0 Å². The Balaban J connectivity index is 1.50. The second-order valence-electron chi connectivity index (χ2n) is 7.92. The van der Waals surface area contributed by atoms with Crippen LogP contribution in [-0.4, -0.2) is 65.0 Å². The monoisotopic (exact) mass is 460 g/mol. The fraction of sp³-hybridized carbons (Fsp3) is 0.409. The van der Waals surface area contributed by atoms with E-state index in [4.69, 9.17) is 4.74 Å². The third kappa shape index (κ3) is 4.74. The van der Waals surface area contributed by atoms with Crippen LogP contribution in [-0.2, 0) is 20.3 Å². The Hall–Kier alpha value is -3.01. The first-order valence-electron chi connectivity index (χ1n) is 10.4. The quantitative estimate of drug-likeness (QED) is 0.736. The zero-order valence-electron chi connectivity index (χ0n) is 18.0. The Labute approximate surface area is 188 Å². The number of anilines is 2. The van der Waals surface area contributed by atoms with Crippen LogP contribution in [0.4, 0.5) is 20.7 Å². The van der Waals surface area contributed by atoms with E-state index in [1.54, 1.807) is 18.3 Å². The summed E-state index contributed by atoms with van der Waals surface area (Å²) in [7, 11) is -0.765. The number of benzene rings is 1. The van der Waals surface area contributed by atoms with E-state index in [-0.39, 0.29) is 19.0 Å². The number of ether oxygens (including phenoxy) is 1. The number of nitrogens with one attached hydrogen (secondary N) is 1. The Morgan fingerprint density at radius 3 is 2.72 bits per heavy atom. The molecule has 0 saturated carbocycles. The molecule has 0 aliphatic carbocycles. The number of pyridine rings is 1. The van der Waals surface area contributed by atoms with E-state index < -0.39 is 28.8 Å². The predicted molar refractivity (Wildman–Crippen MR) is 121 cm³/mol. The molecule has 2 aliphatic rings. The van der Waals surface area contributed by atoms with Crippen molar-refractivity contribution in [3.05, 3.63) is 41.8 Å². The van der Waals surface area contributed by atoms with Crippen molar-refractivity contribution in [3.8, 4) is 11.1 Å². The van der Waals surface area contributed by atoms with Gasteiger partial charge in [0, 0.05) is 59.6 Å². The fourth-order valence-electron chi connectivity index (χ4n) is 3.90. The summed E-state index contributed by atoms with van der Waals surface area (Å²) in [6.45, 7) is 5.14. The van der Waals surface area contributed by atoms with Crippen LogP contribution < -0.4 is 15.1 Å². The highest BCUT2D eigenvalue weighted by molar-refractivity contribution is 7.85. The molecule has 1 aromatic heterocycles. The van der Waals surface area contributed by atoms with Gasteiger partial charge in [-0.05, 0) is 36.8 Å². The predicted octanol–water partition coefficient (Wildman–Crippen LogP) is 2.23. The van der Waals surface area contributed by atoms with E-state index in [0.29, 0.717) is 41.4 Å². The van der Waals surface area contributed by atoms with Crippen LogP contribution in [0.1, 0.15) is 12.5 Å². The third-order valence-electron chi connectivity index (χ3n) is 5.56. The summed E-state index contributed by atoms with van der Waals surface area (Å²) in [6.07, 6.45) is 0.581. The van der Waals surface area contributed by atoms with Gasteiger partial charge in [0.25, 0.3) is 0 Å². The first-order valence-corrected chi connectivity index (χ1v) is 11.9. The molecule has 2 amide bonds. The molecule has 0 bridgehead atoms. The molecular formula is C22H25FN4O4S. The molecule has 2 fully saturated rings. The van der Waals surface area contributed by atoms with E-state index in [0.717, 1.165) is 11.4 Å². The number of amides is 2. The standard InChI is InChI=1S/C22H25FN4O4S/c1-14-9-16(11-25-21(14)26-5-7-32(30)8-6-26)19-4-3-17(10-20(19)23)27-13-18(31-22(27)29)12-24-15(2)28/h3-4,9-11,18H,5-8,12-13H2,1-2H3,(H,24,28)/t18-/m0/s1. The number of carbonyl (C=O) groups is 2. The molecule has 10 heteroatoms. The number of halogens is 1. The largest absolute Gasteiger partial charge is 0.442 e. The first-order chi connectivity index (χ1) is 15.3. The molecule has 2 saturated heterocycles. The second kappa shape index (κ2) is 9.23. The Morgan fingerprint density at radius 2 is 2.06 bits per heavy atom. The van der Waals surface area contributed by atoms with Gasteiger partial charge in [0.2, 0.25) is 5.91 Å². The number of aromatic nitrogens is 1. The van der Waals surface area contributed by atoms with Crippen molar-refractivity contribution >= 4 is 34.3 Å². The lowest BCUT2D eigenvalue weighted by atomic mass is 10.0. The maximum absolute atomic E-state index is 15.0. The van der Waals surface area contributed by atoms with Gasteiger partial charge in [0.05, 0.1) is 18.8 Å². The summed E-state index contributed by atoms with van der Waals surface area (Å²) in [5, 5.41) is 2.62. The van der Waals surface area contributed by atoms with Gasteiger partial charge in [-0.1, -0.05) is 0 Å². The highest BCUT2D eigenvalue weighted by atomic mass is 32.2. The van der Waals surface area contributed by atoms with Crippen molar-refractivity contribution < 1.29 is 22.9 Å². The number of hydrogen-bond donors (Lipinski definition) is 1. The van der Waals surface area contributed by atoms with E-state index in [2.05, 4.69) is 15.2 Å². The Morgan fingerprint density at radius 1 is 1.31 bits per heavy atom. The van der Waals surface area contributed by atoms with E-state index >= 15 is 0 Å². The van der Waals surface area contributed by atoms with E-state index in [1.165, 1.54) is 17.9 Å². The van der Waals surface area contributed by atoms with Gasteiger partial charge in [-0.25, -0.2) is 14.2 Å². The molecule has 1 aromatic carbocycles. The van der Waals surface area contributed by atoms with Crippen LogP contribution in [0.3, 0.4) is 0 Å². The summed E-state index contributed by atoms with van der Waals surface area (Å²) in [6, 6.07) is 6.49. The molecule has 0 radical (unpaired) electrons. The van der Waals surface area contributed by atoms with Gasteiger partial charge in [-0.15, -0.1) is 0 Å². The van der Waals surface area contributed by atoms with E-state index in [1.807, 2.05) is 13.0 Å². The molecule has 8 nitrogen and oxygen atoms in total. The third-order valence-corrected chi connectivity index (χ3v) is 6.83. The zero-order valence-corrected chi connectivity index (χ0v) is 18.8. The molecule has 2 aromatic rings. The Bertz CT molecular complexity index is 1070. The minimum absolute atomic E-state index is 0.208. The Kier molecular flexibility index (Phi) is 6.40. The number of hydrogen-bond acceptors (Lipinski definition) is 6. The van der Waals surface area contributed by atoms with Gasteiger partial charge >= 0.3 is 6.09 Å². The molecule has 1 atom stereocenters. The molecule has 3 heterocycles. The smallest absolute Gasteiger partial charge is 0.414 e. The summed E-state index contributed by atoms with van der Waals surface area (Å²) < 4.78 is 31.8. The maximum atomic E-state index is 15.0. The number of carbonyl (C=O) groups excluding carboxylic acids is 2. The number of cyclic esters (lactones) is 1. The minimum atomic E-state index is -0.765. The summed E-state index contributed by atoms with van der Waals surface area (Å²) in [5.41, 5.74) is 2.34. The lowest BCUT2D eigenvalue weighted by Crippen LogP contribution is -2.38. The van der Waals surface area contributed by atoms with Crippen molar-refractivity contribution in [1.29, 1.82) is 0 Å². The van der Waals surface area contributed by atoms with Gasteiger partial charge in [-0.2, -0.15) is 0 Å². The van der Waals surface area contributed by atoms with Crippen molar-refractivity contribution in [3.63, 3.8) is 0 Å². The lowest BCUT2D eigenvalue weighted by Gasteiger charge is -2.28. The van der Waals surface area contributed by atoms with Crippen LogP contribution >= 0.6 is 0 Å². The number of rotatable bonds is 5. The lowest BCUT2D eigenvalue weighted by molar-refractivity contribution is -0.119. The SMILES string of the molecule is CC(=O)NC[C@H]1CN(c2ccc(-c3cnc(N4CCS(=O)CC4)c(C)c3)c(F)c2)C(=O)O1. The molecule has 170 valence electrons. The molecule has 0 spiro atoms. The molecule has 0 unspecified atom stereocenters. The average Bonchev–Trinajstić information content (AvgIpc) is 3.13. The summed E-state index contributed by atoms with van der Waals surface area (Å²) in [5.74, 6) is 1.41. The maximum Gasteiger partial charge on any atom is 0.414 e. The van der Waals surface area contributed by atoms with Gasteiger partial charge < -0.3 is 15.0 Å². The van der Waals surface area contributed by atoms with Crippen LogP contribution in [0.25, 0.3) is 11.1 Å². The normalized spacial score (nSPS) is 19.2. The molecule has 4 rings (SSSR count). The molecule has 1 N–H and O–H groups in total. The highest BCUT2D eigenvalue weighted by Gasteiger charge is 2.32. The number of aryl methyl sites for hydroxylation is 1.